The molecule has 1 amide bonds. The van der Waals surface area contributed by atoms with E-state index in [0.717, 1.165) is 5.69 Å². The van der Waals surface area contributed by atoms with E-state index in [4.69, 9.17) is 0 Å². The molecule has 1 N–H and O–H groups in total. The molecule has 0 saturated carbocycles. The molecule has 0 saturated heterocycles. The smallest absolute Gasteiger partial charge is 0.228 e. The van der Waals surface area contributed by atoms with E-state index in [1.807, 2.05) is 0 Å². The third-order valence-electron chi connectivity index (χ3n) is 2.90. The van der Waals surface area contributed by atoms with Gasteiger partial charge in [-0.15, -0.1) is 0 Å². The molecule has 0 atom stereocenters. The normalized spacial score (nSPS) is 14.2. The molecular weight excluding hydrogens is 162 g/mol. The molecule has 0 bridgehead atoms. The highest BCUT2D eigenvalue weighted by Gasteiger charge is 2.20. The minimum atomic E-state index is 0.114. The maximum Gasteiger partial charge on any atom is 0.228 e. The number of amides is 1. The maximum absolute atomic E-state index is 11.2. The molecule has 0 aliphatic carbocycles. The number of carbonyl (C=O) groups is 1. The van der Waals surface area contributed by atoms with Crippen LogP contribution in [0.5, 0.6) is 0 Å². The Labute approximate surface area is 78.0 Å². The standard InChI is InChI=1S/C11H13NO/c1-6-4-10-9(5-11(13)12-10)8(3)7(6)2/h4H,5H2,1-3H3,(H,12,13). The van der Waals surface area contributed by atoms with Gasteiger partial charge in [0, 0.05) is 5.69 Å². The van der Waals surface area contributed by atoms with Crippen molar-refractivity contribution in [3.63, 3.8) is 0 Å². The van der Waals surface area contributed by atoms with Crippen molar-refractivity contribution in [2.24, 2.45) is 0 Å². The summed E-state index contributed by atoms with van der Waals surface area (Å²) in [4.78, 5) is 11.2. The number of benzene rings is 1. The number of hydrogen-bond acceptors (Lipinski definition) is 1. The van der Waals surface area contributed by atoms with Crippen molar-refractivity contribution in [2.75, 3.05) is 5.32 Å². The van der Waals surface area contributed by atoms with E-state index >= 15 is 0 Å². The van der Waals surface area contributed by atoms with Crippen molar-refractivity contribution in [3.8, 4) is 0 Å². The zero-order valence-electron chi connectivity index (χ0n) is 8.19. The molecule has 0 unspecified atom stereocenters. The summed E-state index contributed by atoms with van der Waals surface area (Å²) in [5, 5.41) is 2.87. The van der Waals surface area contributed by atoms with Crippen LogP contribution in [-0.2, 0) is 11.2 Å². The van der Waals surface area contributed by atoms with E-state index in [0.29, 0.717) is 6.42 Å². The zero-order chi connectivity index (χ0) is 9.59. The number of rotatable bonds is 0. The molecule has 1 aliphatic rings. The second kappa shape index (κ2) is 2.59. The molecule has 1 aromatic rings. The third kappa shape index (κ3) is 1.13. The molecule has 13 heavy (non-hydrogen) atoms. The van der Waals surface area contributed by atoms with Crippen LogP contribution in [0.1, 0.15) is 22.3 Å². The predicted octanol–water partition coefficient (Wildman–Crippen LogP) is 2.11. The van der Waals surface area contributed by atoms with Gasteiger partial charge in [0.2, 0.25) is 5.91 Å². The number of nitrogens with one attached hydrogen (secondary N) is 1. The molecule has 1 aliphatic heterocycles. The van der Waals surface area contributed by atoms with E-state index in [1.165, 1.54) is 22.3 Å². The molecule has 0 radical (unpaired) electrons. The van der Waals surface area contributed by atoms with Crippen LogP contribution in [-0.4, -0.2) is 5.91 Å². The Balaban J connectivity index is 2.66. The van der Waals surface area contributed by atoms with Crippen LogP contribution in [0.4, 0.5) is 5.69 Å². The molecule has 0 aromatic heterocycles. The van der Waals surface area contributed by atoms with E-state index < -0.39 is 0 Å². The Kier molecular flexibility index (Phi) is 1.65. The molecule has 0 spiro atoms. The first-order valence-corrected chi connectivity index (χ1v) is 4.49. The van der Waals surface area contributed by atoms with E-state index in [9.17, 15) is 4.79 Å². The van der Waals surface area contributed by atoms with Crippen LogP contribution in [0.15, 0.2) is 6.07 Å². The Bertz CT molecular complexity index is 394. The van der Waals surface area contributed by atoms with Crippen LogP contribution in [0.2, 0.25) is 0 Å². The number of carbonyl (C=O) groups excluding carboxylic acids is 1. The Morgan fingerprint density at radius 2 is 1.92 bits per heavy atom. The summed E-state index contributed by atoms with van der Waals surface area (Å²) < 4.78 is 0. The number of anilines is 1. The summed E-state index contributed by atoms with van der Waals surface area (Å²) in [7, 11) is 0. The average molecular weight is 175 g/mol. The second-order valence-electron chi connectivity index (χ2n) is 3.69. The summed E-state index contributed by atoms with van der Waals surface area (Å²) >= 11 is 0. The first-order chi connectivity index (χ1) is 6.09. The van der Waals surface area contributed by atoms with E-state index in [1.54, 1.807) is 0 Å². The lowest BCUT2D eigenvalue weighted by Crippen LogP contribution is -2.03. The van der Waals surface area contributed by atoms with Crippen molar-refractivity contribution < 1.29 is 4.79 Å². The van der Waals surface area contributed by atoms with Crippen LogP contribution in [0.3, 0.4) is 0 Å². The topological polar surface area (TPSA) is 29.1 Å². The first kappa shape index (κ1) is 8.30. The van der Waals surface area contributed by atoms with E-state index in [-0.39, 0.29) is 5.91 Å². The van der Waals surface area contributed by atoms with Crippen LogP contribution in [0.25, 0.3) is 0 Å². The van der Waals surface area contributed by atoms with Crippen molar-refractivity contribution >= 4 is 11.6 Å². The summed E-state index contributed by atoms with van der Waals surface area (Å²) in [6, 6.07) is 2.06. The van der Waals surface area contributed by atoms with Gasteiger partial charge in [-0.2, -0.15) is 0 Å². The molecular formula is C11H13NO. The van der Waals surface area contributed by atoms with Crippen molar-refractivity contribution in [1.82, 2.24) is 0 Å². The zero-order valence-corrected chi connectivity index (χ0v) is 8.19. The average Bonchev–Trinajstić information content (AvgIpc) is 2.42. The van der Waals surface area contributed by atoms with Gasteiger partial charge in [0.1, 0.15) is 0 Å². The molecule has 0 fully saturated rings. The fourth-order valence-corrected chi connectivity index (χ4v) is 1.83. The fourth-order valence-electron chi connectivity index (χ4n) is 1.83. The molecule has 2 heteroatoms. The minimum Gasteiger partial charge on any atom is -0.326 e. The van der Waals surface area contributed by atoms with Crippen LogP contribution in [0, 0.1) is 20.8 Å². The van der Waals surface area contributed by atoms with Gasteiger partial charge >= 0.3 is 0 Å². The second-order valence-corrected chi connectivity index (χ2v) is 3.69. The van der Waals surface area contributed by atoms with Crippen LogP contribution >= 0.6 is 0 Å². The summed E-state index contributed by atoms with van der Waals surface area (Å²) in [5.74, 6) is 0.114. The first-order valence-electron chi connectivity index (χ1n) is 4.49. The van der Waals surface area contributed by atoms with Gasteiger partial charge in [0.25, 0.3) is 0 Å². The monoisotopic (exact) mass is 175 g/mol. The molecule has 2 nitrogen and oxygen atoms in total. The highest BCUT2D eigenvalue weighted by atomic mass is 16.1. The summed E-state index contributed by atoms with van der Waals surface area (Å²) in [5.41, 5.74) is 5.99. The van der Waals surface area contributed by atoms with Gasteiger partial charge in [-0.25, -0.2) is 0 Å². The molecule has 2 rings (SSSR count). The van der Waals surface area contributed by atoms with Gasteiger partial charge in [-0.3, -0.25) is 4.79 Å². The van der Waals surface area contributed by atoms with Crippen molar-refractivity contribution in [2.45, 2.75) is 27.2 Å². The SMILES string of the molecule is Cc1cc2c(c(C)c1C)CC(=O)N2. The van der Waals surface area contributed by atoms with Gasteiger partial charge in [-0.05, 0) is 49.1 Å². The summed E-state index contributed by atoms with van der Waals surface area (Å²) in [6.07, 6.45) is 0.544. The largest absolute Gasteiger partial charge is 0.326 e. The quantitative estimate of drug-likeness (QED) is 0.642. The Hall–Kier alpha value is -1.31. The van der Waals surface area contributed by atoms with Gasteiger partial charge < -0.3 is 5.32 Å². The Morgan fingerprint density at radius 3 is 2.62 bits per heavy atom. The van der Waals surface area contributed by atoms with Crippen molar-refractivity contribution in [1.29, 1.82) is 0 Å². The van der Waals surface area contributed by atoms with Gasteiger partial charge in [-0.1, -0.05) is 0 Å². The predicted molar refractivity (Wildman–Crippen MR) is 53.0 cm³/mol. The lowest BCUT2D eigenvalue weighted by atomic mass is 9.97. The molecule has 68 valence electrons. The number of hydrogen-bond donors (Lipinski definition) is 1. The fraction of sp³-hybridized carbons (Fsp3) is 0.364. The lowest BCUT2D eigenvalue weighted by Gasteiger charge is -2.09. The minimum absolute atomic E-state index is 0.114. The van der Waals surface area contributed by atoms with Gasteiger partial charge in [0.05, 0.1) is 6.42 Å². The lowest BCUT2D eigenvalue weighted by molar-refractivity contribution is -0.115. The van der Waals surface area contributed by atoms with Crippen molar-refractivity contribution in [3.05, 3.63) is 28.3 Å². The highest BCUT2D eigenvalue weighted by Crippen LogP contribution is 2.30. The molecule has 1 aromatic carbocycles. The maximum atomic E-state index is 11.2. The summed E-state index contributed by atoms with van der Waals surface area (Å²) in [6.45, 7) is 6.27. The molecule has 1 heterocycles. The Morgan fingerprint density at radius 1 is 1.23 bits per heavy atom. The van der Waals surface area contributed by atoms with Crippen LogP contribution < -0.4 is 5.32 Å². The highest BCUT2D eigenvalue weighted by molar-refractivity contribution is 5.99. The number of fused-ring (bicyclic) bond motifs is 1. The number of aryl methyl sites for hydroxylation is 1. The van der Waals surface area contributed by atoms with Gasteiger partial charge in [0.15, 0.2) is 0 Å². The third-order valence-corrected chi connectivity index (χ3v) is 2.90. The van der Waals surface area contributed by atoms with E-state index in [2.05, 4.69) is 32.2 Å².